The molecule has 1 heterocycles. The van der Waals surface area contributed by atoms with Crippen LogP contribution in [-0.4, -0.2) is 32.1 Å². The Morgan fingerprint density at radius 3 is 2.76 bits per heavy atom. The third kappa shape index (κ3) is 3.37. The standard InChI is InChI=1S/C13H15ClN4O2S/c1-18(2)13-17-11(15)10(21-13)12(19)16-7-4-5-8(14)9(6-7)20-3/h4-6H,15H2,1-3H3,(H,16,19). The largest absolute Gasteiger partial charge is 0.495 e. The molecule has 2 rings (SSSR count). The smallest absolute Gasteiger partial charge is 0.269 e. The van der Waals surface area contributed by atoms with Crippen LogP contribution < -0.4 is 20.7 Å². The number of rotatable bonds is 4. The van der Waals surface area contributed by atoms with E-state index in [0.717, 1.165) is 0 Å². The highest BCUT2D eigenvalue weighted by molar-refractivity contribution is 7.18. The lowest BCUT2D eigenvalue weighted by Gasteiger charge is -2.08. The number of methoxy groups -OCH3 is 1. The number of nitrogens with two attached hydrogens (primary N) is 1. The number of amides is 1. The van der Waals surface area contributed by atoms with Gasteiger partial charge in [0.15, 0.2) is 5.13 Å². The second-order valence-corrected chi connectivity index (χ2v) is 5.79. The van der Waals surface area contributed by atoms with Crippen molar-refractivity contribution >= 4 is 45.5 Å². The van der Waals surface area contributed by atoms with Crippen molar-refractivity contribution in [2.45, 2.75) is 0 Å². The van der Waals surface area contributed by atoms with Gasteiger partial charge in [0.25, 0.3) is 5.91 Å². The number of halogens is 1. The number of anilines is 3. The molecule has 0 aliphatic rings. The van der Waals surface area contributed by atoms with Crippen LogP contribution in [0, 0.1) is 0 Å². The number of hydrogen-bond acceptors (Lipinski definition) is 6. The molecular weight excluding hydrogens is 312 g/mol. The number of nitrogen functional groups attached to an aromatic ring is 1. The van der Waals surface area contributed by atoms with Crippen molar-refractivity contribution in [3.8, 4) is 5.75 Å². The van der Waals surface area contributed by atoms with Crippen LogP contribution in [0.2, 0.25) is 5.02 Å². The second kappa shape index (κ2) is 6.19. The number of nitrogens with one attached hydrogen (secondary N) is 1. The van der Waals surface area contributed by atoms with Crippen molar-refractivity contribution in [1.82, 2.24) is 4.98 Å². The molecular formula is C13H15ClN4O2S. The van der Waals surface area contributed by atoms with Crippen LogP contribution in [0.15, 0.2) is 18.2 Å². The molecule has 2 aromatic rings. The maximum absolute atomic E-state index is 12.2. The first-order valence-corrected chi connectivity index (χ1v) is 7.20. The number of benzene rings is 1. The average Bonchev–Trinajstić information content (AvgIpc) is 2.83. The maximum atomic E-state index is 12.2. The Balaban J connectivity index is 2.22. The number of carbonyl (C=O) groups excluding carboxylic acids is 1. The highest BCUT2D eigenvalue weighted by atomic mass is 35.5. The lowest BCUT2D eigenvalue weighted by molar-refractivity contribution is 0.103. The van der Waals surface area contributed by atoms with Gasteiger partial charge in [-0.25, -0.2) is 4.98 Å². The van der Waals surface area contributed by atoms with Crippen LogP contribution in [0.4, 0.5) is 16.6 Å². The number of thiazole rings is 1. The van der Waals surface area contributed by atoms with Crippen molar-refractivity contribution < 1.29 is 9.53 Å². The number of hydrogen-bond donors (Lipinski definition) is 2. The fraction of sp³-hybridized carbons (Fsp3) is 0.231. The first-order chi connectivity index (χ1) is 9.92. The molecule has 112 valence electrons. The number of carbonyl (C=O) groups is 1. The average molecular weight is 327 g/mol. The summed E-state index contributed by atoms with van der Waals surface area (Å²) >= 11 is 7.17. The quantitative estimate of drug-likeness (QED) is 0.903. The van der Waals surface area contributed by atoms with Gasteiger partial charge < -0.3 is 20.7 Å². The van der Waals surface area contributed by atoms with Crippen LogP contribution in [0.25, 0.3) is 0 Å². The molecule has 0 saturated heterocycles. The summed E-state index contributed by atoms with van der Waals surface area (Å²) in [6, 6.07) is 4.98. The zero-order valence-corrected chi connectivity index (χ0v) is 13.4. The SMILES string of the molecule is COc1cc(NC(=O)c2sc(N(C)C)nc2N)ccc1Cl. The Morgan fingerprint density at radius 1 is 1.48 bits per heavy atom. The van der Waals surface area contributed by atoms with Crippen LogP contribution >= 0.6 is 22.9 Å². The molecule has 0 spiro atoms. The van der Waals surface area contributed by atoms with Gasteiger partial charge in [0, 0.05) is 25.8 Å². The summed E-state index contributed by atoms with van der Waals surface area (Å²) in [6.07, 6.45) is 0. The summed E-state index contributed by atoms with van der Waals surface area (Å²) in [7, 11) is 5.19. The van der Waals surface area contributed by atoms with Crippen molar-refractivity contribution in [2.24, 2.45) is 0 Å². The lowest BCUT2D eigenvalue weighted by atomic mass is 10.3. The molecule has 0 bridgehead atoms. The monoisotopic (exact) mass is 326 g/mol. The van der Waals surface area contributed by atoms with Gasteiger partial charge in [-0.3, -0.25) is 4.79 Å². The Bertz CT molecular complexity index is 672. The van der Waals surface area contributed by atoms with Crippen LogP contribution in [0.3, 0.4) is 0 Å². The van der Waals surface area contributed by atoms with E-state index in [1.165, 1.54) is 18.4 Å². The second-order valence-electron chi connectivity index (χ2n) is 4.41. The van der Waals surface area contributed by atoms with Crippen molar-refractivity contribution in [1.29, 1.82) is 0 Å². The highest BCUT2D eigenvalue weighted by Gasteiger charge is 2.17. The predicted octanol–water partition coefficient (Wildman–Crippen LogP) is 2.71. The minimum atomic E-state index is -0.317. The van der Waals surface area contributed by atoms with E-state index in [0.29, 0.717) is 26.5 Å². The number of ether oxygens (including phenoxy) is 1. The molecule has 8 heteroatoms. The highest BCUT2D eigenvalue weighted by Crippen LogP contribution is 2.30. The first kappa shape index (κ1) is 15.4. The van der Waals surface area contributed by atoms with E-state index in [9.17, 15) is 4.79 Å². The summed E-state index contributed by atoms with van der Waals surface area (Å²) in [5.74, 6) is 0.380. The van der Waals surface area contributed by atoms with Gasteiger partial charge in [0.05, 0.1) is 12.1 Å². The molecule has 0 atom stereocenters. The van der Waals surface area contributed by atoms with E-state index in [4.69, 9.17) is 22.1 Å². The van der Waals surface area contributed by atoms with Gasteiger partial charge in [-0.2, -0.15) is 0 Å². The zero-order chi connectivity index (χ0) is 15.6. The molecule has 0 aliphatic carbocycles. The third-order valence-electron chi connectivity index (χ3n) is 2.64. The predicted molar refractivity (Wildman–Crippen MR) is 86.8 cm³/mol. The lowest BCUT2D eigenvalue weighted by Crippen LogP contribution is -2.12. The van der Waals surface area contributed by atoms with Gasteiger partial charge in [0.2, 0.25) is 0 Å². The van der Waals surface area contributed by atoms with Crippen LogP contribution in [0.1, 0.15) is 9.67 Å². The van der Waals surface area contributed by atoms with Crippen molar-refractivity contribution in [3.63, 3.8) is 0 Å². The van der Waals surface area contributed by atoms with E-state index in [-0.39, 0.29) is 11.7 Å². The summed E-state index contributed by atoms with van der Waals surface area (Å²) < 4.78 is 5.11. The van der Waals surface area contributed by atoms with Crippen molar-refractivity contribution in [3.05, 3.63) is 28.1 Å². The first-order valence-electron chi connectivity index (χ1n) is 6.01. The van der Waals surface area contributed by atoms with E-state index < -0.39 is 0 Å². The van der Waals surface area contributed by atoms with Gasteiger partial charge in [-0.05, 0) is 12.1 Å². The minimum absolute atomic E-state index is 0.210. The fourth-order valence-electron chi connectivity index (χ4n) is 1.60. The molecule has 0 aliphatic heterocycles. The summed E-state index contributed by atoms with van der Waals surface area (Å²) in [4.78, 5) is 18.5. The third-order valence-corrected chi connectivity index (χ3v) is 4.19. The van der Waals surface area contributed by atoms with Gasteiger partial charge in [0.1, 0.15) is 16.4 Å². The van der Waals surface area contributed by atoms with E-state index in [1.807, 2.05) is 14.1 Å². The van der Waals surface area contributed by atoms with Gasteiger partial charge in [-0.15, -0.1) is 0 Å². The maximum Gasteiger partial charge on any atom is 0.269 e. The molecule has 0 radical (unpaired) electrons. The molecule has 0 fully saturated rings. The minimum Gasteiger partial charge on any atom is -0.495 e. The molecule has 1 aromatic heterocycles. The molecule has 21 heavy (non-hydrogen) atoms. The number of aromatic nitrogens is 1. The van der Waals surface area contributed by atoms with Gasteiger partial charge >= 0.3 is 0 Å². The Morgan fingerprint density at radius 2 is 2.19 bits per heavy atom. The summed E-state index contributed by atoms with van der Waals surface area (Å²) in [5.41, 5.74) is 6.35. The molecule has 3 N–H and O–H groups in total. The topological polar surface area (TPSA) is 80.5 Å². The molecule has 1 aromatic carbocycles. The van der Waals surface area contributed by atoms with E-state index >= 15 is 0 Å². The molecule has 6 nitrogen and oxygen atoms in total. The molecule has 1 amide bonds. The van der Waals surface area contributed by atoms with Crippen LogP contribution in [-0.2, 0) is 0 Å². The van der Waals surface area contributed by atoms with E-state index in [1.54, 1.807) is 23.1 Å². The summed E-state index contributed by atoms with van der Waals surface area (Å²) in [6.45, 7) is 0. The molecule has 0 saturated carbocycles. The van der Waals surface area contributed by atoms with Crippen LogP contribution in [0.5, 0.6) is 5.75 Å². The Hall–Kier alpha value is -1.99. The molecule has 0 unspecified atom stereocenters. The van der Waals surface area contributed by atoms with Gasteiger partial charge in [-0.1, -0.05) is 22.9 Å². The van der Waals surface area contributed by atoms with E-state index in [2.05, 4.69) is 10.3 Å². The summed E-state index contributed by atoms with van der Waals surface area (Å²) in [5, 5.41) is 3.89. The number of nitrogens with zero attached hydrogens (tertiary/aromatic N) is 2. The Kier molecular flexibility index (Phi) is 4.54. The fourth-order valence-corrected chi connectivity index (χ4v) is 2.60. The van der Waals surface area contributed by atoms with Crippen molar-refractivity contribution in [2.75, 3.05) is 37.2 Å². The normalized spacial score (nSPS) is 10.3. The zero-order valence-electron chi connectivity index (χ0n) is 11.8. The Labute approximate surface area is 131 Å².